The highest BCUT2D eigenvalue weighted by Gasteiger charge is 2.60. The van der Waals surface area contributed by atoms with E-state index >= 15 is 0 Å². The molecule has 6 nitrogen and oxygen atoms in total. The van der Waals surface area contributed by atoms with Crippen LogP contribution < -0.4 is 5.32 Å². The molecule has 22 heavy (non-hydrogen) atoms. The number of rotatable bonds is 3. The second-order valence-corrected chi connectivity index (χ2v) is 5.75. The Morgan fingerprint density at radius 2 is 2.32 bits per heavy atom. The van der Waals surface area contributed by atoms with Crippen molar-refractivity contribution in [2.45, 2.75) is 18.5 Å². The lowest BCUT2D eigenvalue weighted by atomic mass is 9.79. The SMILES string of the molecule is O=C(O)C1=C(/C=C/c2cccnc2)C2CCN[C@@H]3C(=O)N1[C@H]23. The molecule has 112 valence electrons. The zero-order valence-electron chi connectivity index (χ0n) is 11.8. The lowest BCUT2D eigenvalue weighted by Crippen LogP contribution is -2.71. The van der Waals surface area contributed by atoms with Gasteiger partial charge in [-0.3, -0.25) is 14.7 Å². The Morgan fingerprint density at radius 3 is 3.05 bits per heavy atom. The van der Waals surface area contributed by atoms with Crippen LogP contribution in [-0.2, 0) is 9.59 Å². The second-order valence-electron chi connectivity index (χ2n) is 5.75. The van der Waals surface area contributed by atoms with Crippen LogP contribution in [0.4, 0.5) is 0 Å². The summed E-state index contributed by atoms with van der Waals surface area (Å²) in [5.41, 5.74) is 1.80. The number of allylic oxidation sites excluding steroid dienone is 1. The van der Waals surface area contributed by atoms with Gasteiger partial charge in [-0.15, -0.1) is 0 Å². The van der Waals surface area contributed by atoms with Crippen molar-refractivity contribution in [3.8, 4) is 0 Å². The molecule has 0 saturated carbocycles. The molecule has 0 aromatic carbocycles. The third kappa shape index (κ3) is 1.74. The van der Waals surface area contributed by atoms with Crippen LogP contribution in [0.1, 0.15) is 12.0 Å². The van der Waals surface area contributed by atoms with Crippen LogP contribution >= 0.6 is 0 Å². The molecule has 4 rings (SSSR count). The molecule has 6 heteroatoms. The number of β-lactam (4-membered cyclic amide) rings is 1. The Labute approximate surface area is 127 Å². The van der Waals surface area contributed by atoms with Gasteiger partial charge in [-0.25, -0.2) is 4.79 Å². The maximum atomic E-state index is 12.1. The minimum absolute atomic E-state index is 0.0408. The molecule has 3 aliphatic rings. The van der Waals surface area contributed by atoms with E-state index in [4.69, 9.17) is 0 Å². The van der Waals surface area contributed by atoms with Crippen LogP contribution in [0, 0.1) is 5.92 Å². The summed E-state index contributed by atoms with van der Waals surface area (Å²) in [6.45, 7) is 0.739. The molecule has 1 aromatic heterocycles. The average Bonchev–Trinajstić information content (AvgIpc) is 2.87. The topological polar surface area (TPSA) is 82.5 Å². The monoisotopic (exact) mass is 297 g/mol. The molecule has 3 aliphatic heterocycles. The molecule has 0 spiro atoms. The van der Waals surface area contributed by atoms with E-state index in [-0.39, 0.29) is 29.6 Å². The van der Waals surface area contributed by atoms with Crippen molar-refractivity contribution < 1.29 is 14.7 Å². The van der Waals surface area contributed by atoms with Gasteiger partial charge in [0, 0.05) is 18.3 Å². The molecule has 1 unspecified atom stereocenters. The molecule has 0 aliphatic carbocycles. The number of nitrogens with one attached hydrogen (secondary N) is 1. The Morgan fingerprint density at radius 1 is 1.45 bits per heavy atom. The first-order valence-electron chi connectivity index (χ1n) is 7.30. The number of aliphatic carboxylic acids is 1. The Hall–Kier alpha value is -2.47. The first-order valence-corrected chi connectivity index (χ1v) is 7.30. The first-order chi connectivity index (χ1) is 10.7. The van der Waals surface area contributed by atoms with Gasteiger partial charge in [0.15, 0.2) is 0 Å². The maximum Gasteiger partial charge on any atom is 0.352 e. The number of nitrogens with zero attached hydrogens (tertiary/aromatic N) is 2. The predicted octanol–water partition coefficient (Wildman–Crippen LogP) is 0.636. The largest absolute Gasteiger partial charge is 0.477 e. The number of aromatic nitrogens is 1. The maximum absolute atomic E-state index is 12.1. The van der Waals surface area contributed by atoms with E-state index in [0.29, 0.717) is 0 Å². The van der Waals surface area contributed by atoms with E-state index in [1.165, 1.54) is 4.90 Å². The van der Waals surface area contributed by atoms with Crippen molar-refractivity contribution >= 4 is 18.0 Å². The Balaban J connectivity index is 1.74. The number of carboxylic acids is 1. The Kier molecular flexibility index (Phi) is 2.87. The smallest absolute Gasteiger partial charge is 0.352 e. The number of carbonyl (C=O) groups is 2. The summed E-state index contributed by atoms with van der Waals surface area (Å²) in [7, 11) is 0. The van der Waals surface area contributed by atoms with Crippen LogP contribution in [-0.4, -0.2) is 45.5 Å². The van der Waals surface area contributed by atoms with Crippen LogP contribution in [0.25, 0.3) is 6.08 Å². The fraction of sp³-hybridized carbons (Fsp3) is 0.312. The van der Waals surface area contributed by atoms with Crippen molar-refractivity contribution in [2.75, 3.05) is 6.54 Å². The van der Waals surface area contributed by atoms with Gasteiger partial charge < -0.3 is 10.4 Å². The van der Waals surface area contributed by atoms with E-state index in [0.717, 1.165) is 24.1 Å². The van der Waals surface area contributed by atoms with E-state index in [1.54, 1.807) is 12.4 Å². The number of piperidine rings is 1. The molecule has 4 heterocycles. The summed E-state index contributed by atoms with van der Waals surface area (Å²) in [6.07, 6.45) is 7.95. The first kappa shape index (κ1) is 13.2. The Bertz CT molecular complexity index is 711. The van der Waals surface area contributed by atoms with Crippen molar-refractivity contribution in [2.24, 2.45) is 5.92 Å². The van der Waals surface area contributed by atoms with Crippen LogP contribution in [0.2, 0.25) is 0 Å². The number of hydrogen-bond donors (Lipinski definition) is 2. The molecule has 2 saturated heterocycles. The van der Waals surface area contributed by atoms with Gasteiger partial charge in [0.05, 0.1) is 6.04 Å². The number of amides is 1. The third-order valence-corrected chi connectivity index (χ3v) is 4.63. The molecular weight excluding hydrogens is 282 g/mol. The summed E-state index contributed by atoms with van der Waals surface area (Å²) in [5, 5.41) is 12.7. The van der Waals surface area contributed by atoms with E-state index in [1.807, 2.05) is 24.3 Å². The van der Waals surface area contributed by atoms with E-state index in [2.05, 4.69) is 10.3 Å². The van der Waals surface area contributed by atoms with Crippen molar-refractivity contribution in [1.29, 1.82) is 0 Å². The lowest BCUT2D eigenvalue weighted by molar-refractivity contribution is -0.154. The highest BCUT2D eigenvalue weighted by atomic mass is 16.4. The van der Waals surface area contributed by atoms with Crippen LogP contribution in [0.15, 0.2) is 41.9 Å². The highest BCUT2D eigenvalue weighted by Crippen LogP contribution is 2.46. The van der Waals surface area contributed by atoms with Gasteiger partial charge in [0.2, 0.25) is 5.91 Å². The van der Waals surface area contributed by atoms with Gasteiger partial charge in [-0.05, 0) is 30.2 Å². The van der Waals surface area contributed by atoms with E-state index in [9.17, 15) is 14.7 Å². The molecule has 3 atom stereocenters. The van der Waals surface area contributed by atoms with Gasteiger partial charge >= 0.3 is 5.97 Å². The second kappa shape index (κ2) is 4.78. The molecule has 0 radical (unpaired) electrons. The van der Waals surface area contributed by atoms with Crippen molar-refractivity contribution in [1.82, 2.24) is 15.2 Å². The summed E-state index contributed by atoms with van der Waals surface area (Å²) < 4.78 is 0. The lowest BCUT2D eigenvalue weighted by Gasteiger charge is -2.48. The summed E-state index contributed by atoms with van der Waals surface area (Å²) >= 11 is 0. The number of carbonyl (C=O) groups excluding carboxylic acids is 1. The number of carboxylic acid groups (broad SMARTS) is 1. The predicted molar refractivity (Wildman–Crippen MR) is 78.5 cm³/mol. The summed E-state index contributed by atoms with van der Waals surface area (Å²) in [6, 6.07) is 3.47. The average molecular weight is 297 g/mol. The van der Waals surface area contributed by atoms with Crippen molar-refractivity contribution in [3.63, 3.8) is 0 Å². The normalized spacial score (nSPS) is 29.7. The van der Waals surface area contributed by atoms with Crippen molar-refractivity contribution in [3.05, 3.63) is 47.4 Å². The quantitative estimate of drug-likeness (QED) is 0.800. The van der Waals surface area contributed by atoms with Crippen LogP contribution in [0.5, 0.6) is 0 Å². The molecule has 2 N–H and O–H groups in total. The van der Waals surface area contributed by atoms with Gasteiger partial charge in [0.25, 0.3) is 0 Å². The van der Waals surface area contributed by atoms with Gasteiger partial charge in [0.1, 0.15) is 11.7 Å². The van der Waals surface area contributed by atoms with E-state index < -0.39 is 5.97 Å². The molecule has 2 fully saturated rings. The summed E-state index contributed by atoms with van der Waals surface area (Å²) in [5.74, 6) is -1.06. The standard InChI is InChI=1S/C16H15N3O3/c20-15-12-13-11(5-7-18-12)10(14(16(21)22)19(13)15)4-3-9-2-1-6-17-8-9/h1-4,6,8,11-13,18H,5,7H2,(H,21,22)/b4-3+/t11?,12-,13+/m0/s1. The van der Waals surface area contributed by atoms with Gasteiger partial charge in [-0.1, -0.05) is 18.2 Å². The summed E-state index contributed by atoms with van der Waals surface area (Å²) in [4.78, 5) is 29.2. The van der Waals surface area contributed by atoms with Gasteiger partial charge in [-0.2, -0.15) is 0 Å². The minimum atomic E-state index is -1.04. The zero-order chi connectivity index (χ0) is 15.3. The fourth-order valence-electron chi connectivity index (χ4n) is 3.70. The third-order valence-electron chi connectivity index (χ3n) is 4.63. The zero-order valence-corrected chi connectivity index (χ0v) is 11.8. The molecule has 1 amide bonds. The molecule has 0 bridgehead atoms. The van der Waals surface area contributed by atoms with Crippen LogP contribution in [0.3, 0.4) is 0 Å². The molecule has 1 aromatic rings. The number of hydrogen-bond acceptors (Lipinski definition) is 4. The highest BCUT2D eigenvalue weighted by molar-refractivity contribution is 6.02. The number of pyridine rings is 1. The molecular formula is C16H15N3O3. The minimum Gasteiger partial charge on any atom is -0.477 e. The fourth-order valence-corrected chi connectivity index (χ4v) is 3.70.